The molecule has 94 valence electrons. The van der Waals surface area contributed by atoms with Crippen molar-refractivity contribution in [1.29, 1.82) is 0 Å². The molecule has 1 saturated heterocycles. The van der Waals surface area contributed by atoms with Crippen LogP contribution in [0.5, 0.6) is 0 Å². The van der Waals surface area contributed by atoms with E-state index in [0.29, 0.717) is 23.2 Å². The molecule has 1 fully saturated rings. The molecule has 0 aliphatic carbocycles. The van der Waals surface area contributed by atoms with Crippen LogP contribution in [0.15, 0.2) is 0 Å². The number of aromatic nitrogens is 1. The second kappa shape index (κ2) is 4.52. The lowest BCUT2D eigenvalue weighted by Gasteiger charge is -2.16. The number of hydrogen-bond donors (Lipinski definition) is 2. The summed E-state index contributed by atoms with van der Waals surface area (Å²) >= 11 is 1.31. The number of carbonyl (C=O) groups is 1. The highest BCUT2D eigenvalue weighted by Crippen LogP contribution is 2.35. The standard InChI is InChI=1S/C11H18N4OS/c1-6-4-15(5-7(6)2)11-8(10(16)13-3)9(12)14-17-11/h6-7H,4-5H2,1-3H3,(H2,12,14)(H,13,16). The molecule has 0 aromatic carbocycles. The van der Waals surface area contributed by atoms with Gasteiger partial charge in [-0.1, -0.05) is 13.8 Å². The molecule has 0 spiro atoms. The van der Waals surface area contributed by atoms with Crippen LogP contribution in [0.4, 0.5) is 10.8 Å². The maximum Gasteiger partial charge on any atom is 0.257 e. The number of nitrogens with two attached hydrogens (primary N) is 1. The molecule has 2 rings (SSSR count). The first-order valence-electron chi connectivity index (χ1n) is 5.76. The second-order valence-electron chi connectivity index (χ2n) is 4.69. The van der Waals surface area contributed by atoms with Crippen LogP contribution in [0.2, 0.25) is 0 Å². The quantitative estimate of drug-likeness (QED) is 0.831. The molecule has 1 amide bonds. The van der Waals surface area contributed by atoms with E-state index in [9.17, 15) is 4.79 Å². The molecule has 5 nitrogen and oxygen atoms in total. The SMILES string of the molecule is CNC(=O)c1c(N)nsc1N1CC(C)C(C)C1. The summed E-state index contributed by atoms with van der Waals surface area (Å²) in [6.07, 6.45) is 0. The average molecular weight is 254 g/mol. The van der Waals surface area contributed by atoms with E-state index < -0.39 is 0 Å². The number of carbonyl (C=O) groups excluding carboxylic acids is 1. The fourth-order valence-electron chi connectivity index (χ4n) is 2.14. The molecule has 0 saturated carbocycles. The number of nitrogens with one attached hydrogen (secondary N) is 1. The Kier molecular flexibility index (Phi) is 3.24. The molecule has 17 heavy (non-hydrogen) atoms. The van der Waals surface area contributed by atoms with Gasteiger partial charge in [-0.3, -0.25) is 4.79 Å². The van der Waals surface area contributed by atoms with Crippen LogP contribution in [0, 0.1) is 11.8 Å². The minimum atomic E-state index is -0.154. The van der Waals surface area contributed by atoms with Crippen molar-refractivity contribution < 1.29 is 4.79 Å². The molecular weight excluding hydrogens is 236 g/mol. The van der Waals surface area contributed by atoms with Crippen molar-refractivity contribution in [3.63, 3.8) is 0 Å². The Labute approximate surface area is 105 Å². The van der Waals surface area contributed by atoms with Crippen molar-refractivity contribution in [1.82, 2.24) is 9.69 Å². The van der Waals surface area contributed by atoms with Crippen molar-refractivity contribution in [2.75, 3.05) is 30.8 Å². The van der Waals surface area contributed by atoms with Crippen molar-refractivity contribution in [3.05, 3.63) is 5.56 Å². The molecule has 0 bridgehead atoms. The van der Waals surface area contributed by atoms with E-state index in [-0.39, 0.29) is 5.91 Å². The summed E-state index contributed by atoms with van der Waals surface area (Å²) in [4.78, 5) is 14.0. The zero-order valence-electron chi connectivity index (χ0n) is 10.4. The summed E-state index contributed by atoms with van der Waals surface area (Å²) in [5.74, 6) is 1.45. The predicted octanol–water partition coefficient (Wildman–Crippen LogP) is 1.18. The number of nitrogen functional groups attached to an aromatic ring is 1. The molecule has 1 aliphatic heterocycles. The van der Waals surface area contributed by atoms with Gasteiger partial charge in [0.25, 0.3) is 5.91 Å². The Hall–Kier alpha value is -1.30. The highest BCUT2D eigenvalue weighted by molar-refractivity contribution is 7.11. The Bertz CT molecular complexity index is 421. The molecule has 1 aromatic rings. The van der Waals surface area contributed by atoms with Gasteiger partial charge in [-0.2, -0.15) is 4.37 Å². The van der Waals surface area contributed by atoms with E-state index in [0.717, 1.165) is 18.1 Å². The Balaban J connectivity index is 2.31. The Morgan fingerprint density at radius 1 is 1.47 bits per heavy atom. The molecule has 6 heteroatoms. The van der Waals surface area contributed by atoms with Gasteiger partial charge in [0.15, 0.2) is 5.82 Å². The van der Waals surface area contributed by atoms with E-state index in [4.69, 9.17) is 5.73 Å². The summed E-state index contributed by atoms with van der Waals surface area (Å²) in [7, 11) is 1.61. The molecule has 2 heterocycles. The minimum absolute atomic E-state index is 0.154. The summed E-state index contributed by atoms with van der Waals surface area (Å²) < 4.78 is 4.10. The molecule has 2 atom stereocenters. The van der Waals surface area contributed by atoms with Gasteiger partial charge in [0.05, 0.1) is 0 Å². The van der Waals surface area contributed by atoms with Crippen LogP contribution in [0.25, 0.3) is 0 Å². The zero-order chi connectivity index (χ0) is 12.6. The van der Waals surface area contributed by atoms with Gasteiger partial charge < -0.3 is 16.0 Å². The summed E-state index contributed by atoms with van der Waals surface area (Å²) in [6, 6.07) is 0. The zero-order valence-corrected chi connectivity index (χ0v) is 11.2. The lowest BCUT2D eigenvalue weighted by atomic mass is 10.0. The minimum Gasteiger partial charge on any atom is -0.382 e. The number of nitrogens with zero attached hydrogens (tertiary/aromatic N) is 2. The van der Waals surface area contributed by atoms with Crippen LogP contribution in [-0.2, 0) is 0 Å². The van der Waals surface area contributed by atoms with Crippen molar-refractivity contribution in [2.45, 2.75) is 13.8 Å². The molecular formula is C11H18N4OS. The van der Waals surface area contributed by atoms with E-state index in [1.54, 1.807) is 7.05 Å². The van der Waals surface area contributed by atoms with Crippen LogP contribution in [0.1, 0.15) is 24.2 Å². The van der Waals surface area contributed by atoms with Crippen LogP contribution in [0.3, 0.4) is 0 Å². The lowest BCUT2D eigenvalue weighted by molar-refractivity contribution is 0.0964. The first kappa shape index (κ1) is 12.2. The van der Waals surface area contributed by atoms with Crippen molar-refractivity contribution in [2.24, 2.45) is 11.8 Å². The summed E-state index contributed by atoms with van der Waals surface area (Å²) in [5, 5.41) is 3.52. The van der Waals surface area contributed by atoms with Gasteiger partial charge in [0, 0.05) is 20.1 Å². The van der Waals surface area contributed by atoms with E-state index in [1.807, 2.05) is 0 Å². The third-order valence-electron chi connectivity index (χ3n) is 3.43. The second-order valence-corrected chi connectivity index (χ2v) is 5.44. The van der Waals surface area contributed by atoms with Crippen molar-refractivity contribution >= 4 is 28.3 Å². The maximum absolute atomic E-state index is 11.8. The van der Waals surface area contributed by atoms with Gasteiger partial charge in [-0.25, -0.2) is 0 Å². The highest BCUT2D eigenvalue weighted by atomic mass is 32.1. The average Bonchev–Trinajstić information content (AvgIpc) is 2.82. The molecule has 0 radical (unpaired) electrons. The van der Waals surface area contributed by atoms with E-state index in [2.05, 4.69) is 28.4 Å². The summed E-state index contributed by atoms with van der Waals surface area (Å²) in [5.41, 5.74) is 6.29. The van der Waals surface area contributed by atoms with Gasteiger partial charge in [0.2, 0.25) is 0 Å². The Morgan fingerprint density at radius 2 is 2.06 bits per heavy atom. The Morgan fingerprint density at radius 3 is 2.59 bits per heavy atom. The molecule has 2 unspecified atom stereocenters. The number of hydrogen-bond acceptors (Lipinski definition) is 5. The summed E-state index contributed by atoms with van der Waals surface area (Å²) in [6.45, 7) is 6.39. The third kappa shape index (κ3) is 2.09. The van der Waals surface area contributed by atoms with Gasteiger partial charge in [0.1, 0.15) is 10.6 Å². The monoisotopic (exact) mass is 254 g/mol. The first-order valence-corrected chi connectivity index (χ1v) is 6.54. The number of amides is 1. The lowest BCUT2D eigenvalue weighted by Crippen LogP contribution is -2.25. The smallest absolute Gasteiger partial charge is 0.257 e. The number of anilines is 2. The molecule has 3 N–H and O–H groups in total. The largest absolute Gasteiger partial charge is 0.382 e. The fourth-order valence-corrected chi connectivity index (χ4v) is 2.97. The van der Waals surface area contributed by atoms with E-state index >= 15 is 0 Å². The van der Waals surface area contributed by atoms with Gasteiger partial charge in [-0.15, -0.1) is 0 Å². The first-order chi connectivity index (χ1) is 8.04. The van der Waals surface area contributed by atoms with Gasteiger partial charge >= 0.3 is 0 Å². The van der Waals surface area contributed by atoms with Crippen molar-refractivity contribution in [3.8, 4) is 0 Å². The fraction of sp³-hybridized carbons (Fsp3) is 0.636. The van der Waals surface area contributed by atoms with E-state index in [1.165, 1.54) is 11.5 Å². The van der Waals surface area contributed by atoms with Crippen LogP contribution < -0.4 is 16.0 Å². The molecule has 1 aromatic heterocycles. The highest BCUT2D eigenvalue weighted by Gasteiger charge is 2.31. The normalized spacial score (nSPS) is 24.1. The number of rotatable bonds is 2. The molecule has 1 aliphatic rings. The topological polar surface area (TPSA) is 71.2 Å². The van der Waals surface area contributed by atoms with Gasteiger partial charge in [-0.05, 0) is 23.4 Å². The van der Waals surface area contributed by atoms with Crippen LogP contribution >= 0.6 is 11.5 Å². The maximum atomic E-state index is 11.8. The third-order valence-corrected chi connectivity index (χ3v) is 4.35. The van der Waals surface area contributed by atoms with Crippen LogP contribution in [-0.4, -0.2) is 30.4 Å². The predicted molar refractivity (Wildman–Crippen MR) is 70.5 cm³/mol.